The highest BCUT2D eigenvalue weighted by Crippen LogP contribution is 2.27. The van der Waals surface area contributed by atoms with Crippen molar-refractivity contribution in [3.8, 4) is 0 Å². The highest BCUT2D eigenvalue weighted by Gasteiger charge is 2.34. The van der Waals surface area contributed by atoms with E-state index in [4.69, 9.17) is 5.73 Å². The predicted octanol–water partition coefficient (Wildman–Crippen LogP) is 1.61. The number of hydrogen-bond donors (Lipinski definition) is 2. The highest BCUT2D eigenvalue weighted by atomic mass is 32.2. The van der Waals surface area contributed by atoms with Crippen LogP contribution in [0.15, 0.2) is 29.2 Å². The second-order valence-electron chi connectivity index (χ2n) is 5.66. The molecule has 1 aliphatic rings. The lowest BCUT2D eigenvalue weighted by Crippen LogP contribution is -2.35. The lowest BCUT2D eigenvalue weighted by atomic mass is 10.1. The van der Waals surface area contributed by atoms with E-state index in [2.05, 4.69) is 5.32 Å². The van der Waals surface area contributed by atoms with Gasteiger partial charge in [0.2, 0.25) is 11.8 Å². The molecule has 2 amide bonds. The summed E-state index contributed by atoms with van der Waals surface area (Å²) < 4.78 is 0. The minimum atomic E-state index is -0.277. The Hall–Kier alpha value is -1.53. The van der Waals surface area contributed by atoms with Gasteiger partial charge in [0, 0.05) is 36.1 Å². The Balaban J connectivity index is 1.93. The van der Waals surface area contributed by atoms with E-state index in [9.17, 15) is 9.59 Å². The number of hydrogen-bond acceptors (Lipinski definition) is 4. The molecule has 5 nitrogen and oxygen atoms in total. The molecule has 0 saturated carbocycles. The van der Waals surface area contributed by atoms with E-state index in [0.717, 1.165) is 17.0 Å². The minimum absolute atomic E-state index is 0.00393. The quantitative estimate of drug-likeness (QED) is 0.781. The van der Waals surface area contributed by atoms with Crippen LogP contribution in [0.4, 0.5) is 5.69 Å². The van der Waals surface area contributed by atoms with Gasteiger partial charge in [-0.3, -0.25) is 9.59 Å². The third-order valence-corrected chi connectivity index (χ3v) is 4.52. The third kappa shape index (κ3) is 4.24. The van der Waals surface area contributed by atoms with Gasteiger partial charge < -0.3 is 16.0 Å². The van der Waals surface area contributed by atoms with Gasteiger partial charge in [-0.15, -0.1) is 11.8 Å². The van der Waals surface area contributed by atoms with Gasteiger partial charge in [0.15, 0.2) is 0 Å². The number of carbonyl (C=O) groups is 2. The molecule has 120 valence electrons. The number of nitrogens with two attached hydrogens (primary N) is 1. The smallest absolute Gasteiger partial charge is 0.227 e. The number of rotatable bonds is 6. The lowest BCUT2D eigenvalue weighted by Gasteiger charge is -2.17. The van der Waals surface area contributed by atoms with Crippen LogP contribution in [0, 0.1) is 5.92 Å². The zero-order valence-corrected chi connectivity index (χ0v) is 13.9. The van der Waals surface area contributed by atoms with Crippen molar-refractivity contribution in [1.82, 2.24) is 5.32 Å². The SMILES string of the molecule is CSc1ccc(N2CC(C(=O)NCCC(C)N)CC2=O)cc1. The zero-order chi connectivity index (χ0) is 16.1. The Bertz CT molecular complexity index is 531. The molecule has 6 heteroatoms. The van der Waals surface area contributed by atoms with Gasteiger partial charge in [0.05, 0.1) is 5.92 Å². The summed E-state index contributed by atoms with van der Waals surface area (Å²) in [5.74, 6) is -0.331. The normalized spacial score (nSPS) is 19.3. The second-order valence-corrected chi connectivity index (χ2v) is 6.54. The summed E-state index contributed by atoms with van der Waals surface area (Å²) in [6, 6.07) is 7.91. The van der Waals surface area contributed by atoms with Gasteiger partial charge in [-0.25, -0.2) is 0 Å². The zero-order valence-electron chi connectivity index (χ0n) is 13.0. The molecule has 3 N–H and O–H groups in total. The number of nitrogens with one attached hydrogen (secondary N) is 1. The van der Waals surface area contributed by atoms with Crippen LogP contribution < -0.4 is 16.0 Å². The van der Waals surface area contributed by atoms with E-state index >= 15 is 0 Å². The van der Waals surface area contributed by atoms with Crippen LogP contribution in [-0.2, 0) is 9.59 Å². The molecule has 0 aliphatic carbocycles. The van der Waals surface area contributed by atoms with Crippen LogP contribution >= 0.6 is 11.8 Å². The van der Waals surface area contributed by atoms with Crippen LogP contribution in [0.1, 0.15) is 19.8 Å². The van der Waals surface area contributed by atoms with Crippen LogP contribution in [0.3, 0.4) is 0 Å². The summed E-state index contributed by atoms with van der Waals surface area (Å²) in [4.78, 5) is 27.1. The summed E-state index contributed by atoms with van der Waals surface area (Å²) in [7, 11) is 0. The van der Waals surface area contributed by atoms with Crippen LogP contribution in [0.25, 0.3) is 0 Å². The Labute approximate surface area is 135 Å². The van der Waals surface area contributed by atoms with Gasteiger partial charge in [-0.05, 0) is 43.9 Å². The van der Waals surface area contributed by atoms with E-state index in [0.29, 0.717) is 13.1 Å². The van der Waals surface area contributed by atoms with Crippen molar-refractivity contribution in [2.75, 3.05) is 24.2 Å². The van der Waals surface area contributed by atoms with Crippen molar-refractivity contribution in [3.05, 3.63) is 24.3 Å². The number of thioether (sulfide) groups is 1. The molecule has 2 rings (SSSR count). The lowest BCUT2D eigenvalue weighted by molar-refractivity contribution is -0.126. The number of anilines is 1. The van der Waals surface area contributed by atoms with Gasteiger partial charge in [0.1, 0.15) is 0 Å². The van der Waals surface area contributed by atoms with E-state index in [1.165, 1.54) is 0 Å². The Morgan fingerprint density at radius 3 is 2.73 bits per heavy atom. The Morgan fingerprint density at radius 1 is 1.45 bits per heavy atom. The molecule has 1 aromatic rings. The first-order chi connectivity index (χ1) is 10.5. The molecule has 1 heterocycles. The van der Waals surface area contributed by atoms with Gasteiger partial charge in [-0.1, -0.05) is 0 Å². The maximum atomic E-state index is 12.1. The van der Waals surface area contributed by atoms with Crippen molar-refractivity contribution in [1.29, 1.82) is 0 Å². The molecule has 2 atom stereocenters. The standard InChI is InChI=1S/C16H23N3O2S/c1-11(17)7-8-18-16(21)12-9-15(20)19(10-12)13-3-5-14(22-2)6-4-13/h3-6,11-12H,7-10,17H2,1-2H3,(H,18,21). The van der Waals surface area contributed by atoms with Gasteiger partial charge in [0.25, 0.3) is 0 Å². The summed E-state index contributed by atoms with van der Waals surface area (Å²) >= 11 is 1.66. The highest BCUT2D eigenvalue weighted by molar-refractivity contribution is 7.98. The summed E-state index contributed by atoms with van der Waals surface area (Å²) in [5.41, 5.74) is 6.52. The number of nitrogens with zero attached hydrogens (tertiary/aromatic N) is 1. The summed E-state index contributed by atoms with van der Waals surface area (Å²) in [6.45, 7) is 2.91. The van der Waals surface area contributed by atoms with Crippen LogP contribution in [-0.4, -0.2) is 37.2 Å². The number of amides is 2. The summed E-state index contributed by atoms with van der Waals surface area (Å²) in [5, 5.41) is 2.87. The third-order valence-electron chi connectivity index (χ3n) is 3.78. The largest absolute Gasteiger partial charge is 0.356 e. The first-order valence-electron chi connectivity index (χ1n) is 7.49. The van der Waals surface area contributed by atoms with Crippen molar-refractivity contribution < 1.29 is 9.59 Å². The molecule has 22 heavy (non-hydrogen) atoms. The first kappa shape index (κ1) is 16.8. The Morgan fingerprint density at radius 2 is 2.14 bits per heavy atom. The average Bonchev–Trinajstić information content (AvgIpc) is 2.89. The molecule has 2 unspecified atom stereocenters. The fraction of sp³-hybridized carbons (Fsp3) is 0.500. The minimum Gasteiger partial charge on any atom is -0.356 e. The molecule has 0 aromatic heterocycles. The first-order valence-corrected chi connectivity index (χ1v) is 8.71. The van der Waals surface area contributed by atoms with Gasteiger partial charge in [-0.2, -0.15) is 0 Å². The van der Waals surface area contributed by atoms with Crippen molar-refractivity contribution in [3.63, 3.8) is 0 Å². The summed E-state index contributed by atoms with van der Waals surface area (Å²) in [6.07, 6.45) is 3.03. The van der Waals surface area contributed by atoms with Crippen LogP contribution in [0.5, 0.6) is 0 Å². The van der Waals surface area contributed by atoms with E-state index in [1.807, 2.05) is 37.4 Å². The van der Waals surface area contributed by atoms with E-state index < -0.39 is 0 Å². The molecule has 0 radical (unpaired) electrons. The molecular weight excluding hydrogens is 298 g/mol. The van der Waals surface area contributed by atoms with Gasteiger partial charge >= 0.3 is 0 Å². The van der Waals surface area contributed by atoms with E-state index in [1.54, 1.807) is 16.7 Å². The topological polar surface area (TPSA) is 75.4 Å². The maximum Gasteiger partial charge on any atom is 0.227 e. The van der Waals surface area contributed by atoms with Crippen molar-refractivity contribution >= 4 is 29.3 Å². The molecular formula is C16H23N3O2S. The molecule has 1 saturated heterocycles. The predicted molar refractivity (Wildman–Crippen MR) is 90.0 cm³/mol. The monoisotopic (exact) mass is 321 g/mol. The number of carbonyl (C=O) groups excluding carboxylic acids is 2. The fourth-order valence-electron chi connectivity index (χ4n) is 2.46. The second kappa shape index (κ2) is 7.65. The molecule has 1 aromatic carbocycles. The average molecular weight is 321 g/mol. The molecule has 1 fully saturated rings. The fourth-order valence-corrected chi connectivity index (χ4v) is 2.87. The van der Waals surface area contributed by atoms with Crippen molar-refractivity contribution in [2.24, 2.45) is 11.7 Å². The molecule has 0 bridgehead atoms. The van der Waals surface area contributed by atoms with Crippen LogP contribution in [0.2, 0.25) is 0 Å². The molecule has 0 spiro atoms. The van der Waals surface area contributed by atoms with E-state index in [-0.39, 0.29) is 30.2 Å². The maximum absolute atomic E-state index is 12.1. The number of benzene rings is 1. The molecule has 1 aliphatic heterocycles. The van der Waals surface area contributed by atoms with Crippen molar-refractivity contribution in [2.45, 2.75) is 30.7 Å². The Kier molecular flexibility index (Phi) is 5.85.